The first-order valence-electron chi connectivity index (χ1n) is 20.1. The van der Waals surface area contributed by atoms with Crippen molar-refractivity contribution in [3.8, 4) is 0 Å². The van der Waals surface area contributed by atoms with Crippen molar-refractivity contribution < 1.29 is 54.3 Å². The maximum atomic E-state index is 11.5. The average molecular weight is 995 g/mol. The lowest BCUT2D eigenvalue weighted by atomic mass is 10.1. The summed E-state index contributed by atoms with van der Waals surface area (Å²) in [6.07, 6.45) is 0.535. The van der Waals surface area contributed by atoms with Gasteiger partial charge in [-0.05, 0) is 61.9 Å². The van der Waals surface area contributed by atoms with Crippen LogP contribution in [-0.4, -0.2) is 129 Å². The molecule has 20 nitrogen and oxygen atoms in total. The first kappa shape index (κ1) is 56.8. The molecule has 0 bridgehead atoms. The van der Waals surface area contributed by atoms with Crippen molar-refractivity contribution in [1.29, 1.82) is 0 Å². The minimum atomic E-state index is -4.27. The lowest BCUT2D eigenvalue weighted by molar-refractivity contribution is -0.887. The van der Waals surface area contributed by atoms with Crippen LogP contribution < -0.4 is 21.7 Å². The third kappa shape index (κ3) is 21.3. The van der Waals surface area contributed by atoms with Crippen molar-refractivity contribution >= 4 is 87.8 Å². The summed E-state index contributed by atoms with van der Waals surface area (Å²) in [5, 5.41) is 31.3. The molecule has 0 spiro atoms. The third-order valence-electron chi connectivity index (χ3n) is 9.56. The molecular weight excluding hydrogens is 937 g/mol. The topological polar surface area (TPSA) is 297 Å². The Labute approximate surface area is 394 Å². The van der Waals surface area contributed by atoms with Crippen LogP contribution in [0.4, 0.5) is 34.1 Å². The highest BCUT2D eigenvalue weighted by Gasteiger charge is 2.22. The van der Waals surface area contributed by atoms with Gasteiger partial charge in [-0.25, -0.2) is 16.8 Å². The fourth-order valence-electron chi connectivity index (χ4n) is 5.68. The smallest absolute Gasteiger partial charge is 0.294 e. The number of nitrogens with two attached hydrogens (primary N) is 1. The van der Waals surface area contributed by atoms with Gasteiger partial charge < -0.3 is 39.8 Å². The number of nitro groups is 2. The van der Waals surface area contributed by atoms with Crippen molar-refractivity contribution in [3.05, 3.63) is 116 Å². The second-order valence-corrected chi connectivity index (χ2v) is 21.8. The van der Waals surface area contributed by atoms with Gasteiger partial charge in [0, 0.05) is 43.8 Å². The Hall–Kier alpha value is -5.34. The summed E-state index contributed by atoms with van der Waals surface area (Å²) in [5.41, 5.74) is 9.58. The molecular formula is C42H58N8O12S4. The van der Waals surface area contributed by atoms with Crippen LogP contribution in [0.2, 0.25) is 0 Å². The van der Waals surface area contributed by atoms with Gasteiger partial charge in [0.15, 0.2) is 0 Å². The van der Waals surface area contributed by atoms with E-state index in [-0.39, 0.29) is 38.7 Å². The van der Waals surface area contributed by atoms with E-state index < -0.39 is 30.1 Å². The van der Waals surface area contributed by atoms with Crippen LogP contribution in [0.15, 0.2) is 88.7 Å². The van der Waals surface area contributed by atoms with Crippen LogP contribution in [0.25, 0.3) is 0 Å². The molecule has 0 aliphatic heterocycles. The number of nitrogen functional groups attached to an aromatic ring is 1. The molecule has 0 saturated heterocycles. The highest BCUT2D eigenvalue weighted by molar-refractivity contribution is 8.76. The summed E-state index contributed by atoms with van der Waals surface area (Å²) in [6, 6.07) is 19.1. The van der Waals surface area contributed by atoms with Crippen LogP contribution in [0.5, 0.6) is 0 Å². The van der Waals surface area contributed by atoms with Crippen LogP contribution in [0, 0.1) is 34.1 Å². The molecule has 0 saturated carbocycles. The molecule has 4 rings (SSSR count). The van der Waals surface area contributed by atoms with Gasteiger partial charge in [0.25, 0.3) is 11.4 Å². The van der Waals surface area contributed by atoms with E-state index >= 15 is 0 Å². The Balaban J connectivity index is 0.000000546. The van der Waals surface area contributed by atoms with E-state index in [9.17, 15) is 55.8 Å². The Kier molecular flexibility index (Phi) is 22.0. The molecule has 0 heterocycles. The van der Waals surface area contributed by atoms with Gasteiger partial charge >= 0.3 is 0 Å². The molecule has 0 aliphatic rings. The number of carbonyl (C=O) groups excluding carboxylic acids is 2. The van der Waals surface area contributed by atoms with Crippen molar-refractivity contribution in [2.24, 2.45) is 0 Å². The molecule has 0 aliphatic carbocycles. The molecule has 0 radical (unpaired) electrons. The fraction of sp³-hybridized carbons (Fsp3) is 0.381. The molecule has 0 aromatic heterocycles. The number of anilines is 4. The van der Waals surface area contributed by atoms with Gasteiger partial charge in [-0.3, -0.25) is 29.8 Å². The summed E-state index contributed by atoms with van der Waals surface area (Å²) in [7, 11) is 3.53. The predicted molar refractivity (Wildman–Crippen MR) is 258 cm³/mol. The summed E-state index contributed by atoms with van der Waals surface area (Å²) >= 11 is 0. The number of hydrogen-bond donors (Lipinski definition) is 4. The number of aryl methyl sites for hydroxylation is 2. The fourth-order valence-corrected chi connectivity index (χ4v) is 9.15. The summed E-state index contributed by atoms with van der Waals surface area (Å²) in [4.78, 5) is 44.3. The number of rotatable bonds is 20. The average Bonchev–Trinajstić information content (AvgIpc) is 3.19. The van der Waals surface area contributed by atoms with E-state index in [4.69, 9.17) is 5.73 Å². The van der Waals surface area contributed by atoms with E-state index in [0.29, 0.717) is 40.1 Å². The molecule has 0 unspecified atom stereocenters. The lowest BCUT2D eigenvalue weighted by Crippen LogP contribution is -2.44. The Bertz CT molecular complexity index is 2450. The largest absolute Gasteiger partial charge is 0.744 e. The van der Waals surface area contributed by atoms with Gasteiger partial charge in [0.1, 0.15) is 31.6 Å². The van der Waals surface area contributed by atoms with Crippen molar-refractivity contribution in [3.63, 3.8) is 0 Å². The van der Waals surface area contributed by atoms with Gasteiger partial charge in [-0.2, -0.15) is 0 Å². The Morgan fingerprint density at radius 1 is 0.636 bits per heavy atom. The maximum Gasteiger partial charge on any atom is 0.294 e. The first-order chi connectivity index (χ1) is 30.5. The molecule has 4 aromatic rings. The van der Waals surface area contributed by atoms with Crippen LogP contribution in [-0.2, 0) is 36.2 Å². The highest BCUT2D eigenvalue weighted by Crippen LogP contribution is 2.31. The number of benzene rings is 4. The number of amides is 2. The Morgan fingerprint density at radius 3 is 1.48 bits per heavy atom. The number of nitrogens with zero attached hydrogens (tertiary/aromatic N) is 4. The van der Waals surface area contributed by atoms with Gasteiger partial charge in [0.2, 0.25) is 11.8 Å². The maximum absolute atomic E-state index is 11.5. The number of hydrogen-bond acceptors (Lipinski definition) is 16. The van der Waals surface area contributed by atoms with Crippen LogP contribution >= 0.6 is 21.6 Å². The molecule has 0 atom stereocenters. The summed E-state index contributed by atoms with van der Waals surface area (Å²) < 4.78 is 63.8. The van der Waals surface area contributed by atoms with Crippen molar-refractivity contribution in [1.82, 2.24) is 0 Å². The zero-order chi connectivity index (χ0) is 50.0. The van der Waals surface area contributed by atoms with Crippen molar-refractivity contribution in [2.75, 3.05) is 94.1 Å². The lowest BCUT2D eigenvalue weighted by Gasteiger charge is -2.30. The zero-order valence-electron chi connectivity index (χ0n) is 38.1. The van der Waals surface area contributed by atoms with E-state index in [2.05, 4.69) is 44.1 Å². The molecule has 2 amide bonds. The normalized spacial score (nSPS) is 11.5. The third-order valence-corrected chi connectivity index (χ3v) is 13.6. The number of likely N-dealkylation sites (N-methyl/N-ethyl adjacent to an activating group) is 2. The van der Waals surface area contributed by atoms with Crippen LogP contribution in [0.1, 0.15) is 30.5 Å². The first-order valence-corrected chi connectivity index (χ1v) is 25.4. The number of nitro benzene ring substituents is 2. The van der Waals surface area contributed by atoms with E-state index in [1.807, 2.05) is 13.8 Å². The van der Waals surface area contributed by atoms with E-state index in [1.165, 1.54) is 50.2 Å². The molecule has 4 aromatic carbocycles. The molecule has 0 fully saturated rings. The predicted octanol–water partition coefficient (Wildman–Crippen LogP) is 5.99. The van der Waals surface area contributed by atoms with Gasteiger partial charge in [-0.1, -0.05) is 57.0 Å². The van der Waals surface area contributed by atoms with Crippen molar-refractivity contribution in [2.45, 2.75) is 43.9 Å². The highest BCUT2D eigenvalue weighted by atomic mass is 33.1. The number of carbonyl (C=O) groups is 2. The zero-order valence-corrected chi connectivity index (χ0v) is 41.3. The molecule has 5 N–H and O–H groups in total. The van der Waals surface area contributed by atoms with E-state index in [1.54, 1.807) is 64.1 Å². The number of quaternary nitrogens is 2. The molecule has 24 heteroatoms. The second kappa shape index (κ2) is 25.5. The number of nitrogens with one attached hydrogen (secondary N) is 3. The monoisotopic (exact) mass is 994 g/mol. The quantitative estimate of drug-likeness (QED) is 0.0150. The summed E-state index contributed by atoms with van der Waals surface area (Å²) in [5.74, 6) is 1.26. The SMILES string of the molecule is CC(=O)Nc1ccc(NCC[N+](C)(C)CCSSCC[N+](C)(C)CCc2cc(NC(C)=O)cc([N+](=O)[O-])c2N)c([N+](=O)[O-])c1.Cc1ccc(S(=O)(=O)[O-])cc1.Cc1ccc(S(=O)(=O)[O-])cc1. The van der Waals surface area contributed by atoms with Crippen LogP contribution in [0.3, 0.4) is 0 Å². The minimum Gasteiger partial charge on any atom is -0.744 e. The molecule has 66 heavy (non-hydrogen) atoms. The standard InChI is InChI=1S/C28H42N8O6S2.2C7H8O3S/c1-20(37)31-23-7-8-25(26(18-23)33(39)40)30-10-12-36(5,6)14-16-44-43-15-13-35(3,4)11-9-22-17-24(32-21(2)38)19-27(28(22)29)34(41)42;2*1-6-2-4-7(5-3-6)11(8,9)10/h7-8,17-19,30H,9-16,29H2,1-6H3;2*2-5H,1H3,(H,8,9,10). The van der Waals surface area contributed by atoms with E-state index in [0.717, 1.165) is 53.3 Å². The second-order valence-electron chi connectivity index (χ2n) is 16.3. The minimum absolute atomic E-state index is 0.0851. The molecule has 362 valence electrons. The Morgan fingerprint density at radius 2 is 1.06 bits per heavy atom. The van der Waals surface area contributed by atoms with Gasteiger partial charge in [0.05, 0.1) is 92.1 Å². The van der Waals surface area contributed by atoms with Gasteiger partial charge in [-0.15, -0.1) is 0 Å². The summed E-state index contributed by atoms with van der Waals surface area (Å²) in [6.45, 7) is 10.2.